The summed E-state index contributed by atoms with van der Waals surface area (Å²) in [4.78, 5) is 26.8. The Bertz CT molecular complexity index is 487. The molecule has 3 aliphatic heterocycles. The van der Waals surface area contributed by atoms with Crippen molar-refractivity contribution >= 4 is 11.9 Å². The maximum atomic E-state index is 11.9. The lowest BCUT2D eigenvalue weighted by molar-refractivity contribution is -0.118. The van der Waals surface area contributed by atoms with E-state index < -0.39 is 6.09 Å². The number of hydrogen-bond donors (Lipinski definition) is 1. The third-order valence-corrected chi connectivity index (χ3v) is 4.84. The molecule has 0 atom stereocenters. The maximum absolute atomic E-state index is 11.9. The van der Waals surface area contributed by atoms with Crippen LogP contribution in [0.4, 0.5) is 4.79 Å². The number of nitrogens with zero attached hydrogens (tertiary/aromatic N) is 2. The Balaban J connectivity index is 1.84. The first kappa shape index (κ1) is 13.2. The molecule has 3 rings (SSSR count). The van der Waals surface area contributed by atoms with E-state index >= 15 is 0 Å². The summed E-state index contributed by atoms with van der Waals surface area (Å²) >= 11 is 0. The van der Waals surface area contributed by atoms with Crippen LogP contribution in [0.5, 0.6) is 0 Å². The molecule has 108 valence electrons. The second-order valence-electron chi connectivity index (χ2n) is 5.91. The van der Waals surface area contributed by atoms with Gasteiger partial charge < -0.3 is 14.9 Å². The standard InChI is InChI=1S/C15H20N2O3/c18-13-4-5-15(6-9-16(10-7-15)14(19)20)17-8-2-1-3-12(17)11-13/h1-3H,4-11H2,(H,19,20). The number of piperidine rings is 1. The van der Waals surface area contributed by atoms with Crippen molar-refractivity contribution in [2.24, 2.45) is 0 Å². The smallest absolute Gasteiger partial charge is 0.407 e. The van der Waals surface area contributed by atoms with Crippen LogP contribution in [0, 0.1) is 0 Å². The van der Waals surface area contributed by atoms with Crippen molar-refractivity contribution in [2.45, 2.75) is 37.6 Å². The molecule has 1 spiro atoms. The molecule has 3 aliphatic rings. The first-order valence-corrected chi connectivity index (χ1v) is 7.24. The molecular formula is C15H20N2O3. The number of ketones is 1. The summed E-state index contributed by atoms with van der Waals surface area (Å²) in [5.74, 6) is 0.300. The van der Waals surface area contributed by atoms with Gasteiger partial charge in [0.2, 0.25) is 0 Å². The lowest BCUT2D eigenvalue weighted by Crippen LogP contribution is -2.55. The van der Waals surface area contributed by atoms with Gasteiger partial charge in [0, 0.05) is 43.7 Å². The summed E-state index contributed by atoms with van der Waals surface area (Å²) in [6.45, 7) is 1.97. The highest BCUT2D eigenvalue weighted by Crippen LogP contribution is 2.40. The topological polar surface area (TPSA) is 60.9 Å². The van der Waals surface area contributed by atoms with Gasteiger partial charge in [-0.1, -0.05) is 12.2 Å². The van der Waals surface area contributed by atoms with E-state index in [1.54, 1.807) is 0 Å². The number of carboxylic acid groups (broad SMARTS) is 1. The van der Waals surface area contributed by atoms with Crippen LogP contribution in [0.25, 0.3) is 0 Å². The molecule has 1 N–H and O–H groups in total. The van der Waals surface area contributed by atoms with Crippen LogP contribution in [0.15, 0.2) is 23.9 Å². The number of fused-ring (bicyclic) bond motifs is 2. The largest absolute Gasteiger partial charge is 0.465 e. The number of allylic oxidation sites excluding steroid dienone is 3. The molecule has 0 bridgehead atoms. The highest BCUT2D eigenvalue weighted by Gasteiger charge is 2.43. The van der Waals surface area contributed by atoms with Crippen LogP contribution in [-0.2, 0) is 4.79 Å². The van der Waals surface area contributed by atoms with Crippen LogP contribution in [-0.4, -0.2) is 52.0 Å². The van der Waals surface area contributed by atoms with Crippen LogP contribution >= 0.6 is 0 Å². The Morgan fingerprint density at radius 2 is 2.00 bits per heavy atom. The van der Waals surface area contributed by atoms with Crippen molar-refractivity contribution in [3.63, 3.8) is 0 Å². The maximum Gasteiger partial charge on any atom is 0.407 e. The molecule has 0 saturated carbocycles. The number of carbonyl (C=O) groups excluding carboxylic acids is 1. The zero-order valence-electron chi connectivity index (χ0n) is 11.5. The molecule has 20 heavy (non-hydrogen) atoms. The third kappa shape index (κ3) is 2.21. The van der Waals surface area contributed by atoms with Crippen molar-refractivity contribution < 1.29 is 14.7 Å². The van der Waals surface area contributed by atoms with Gasteiger partial charge in [0.25, 0.3) is 0 Å². The minimum Gasteiger partial charge on any atom is -0.465 e. The zero-order valence-corrected chi connectivity index (χ0v) is 11.5. The van der Waals surface area contributed by atoms with E-state index in [4.69, 9.17) is 5.11 Å². The second kappa shape index (κ2) is 4.96. The second-order valence-corrected chi connectivity index (χ2v) is 5.91. The molecule has 0 unspecified atom stereocenters. The van der Waals surface area contributed by atoms with Gasteiger partial charge in [-0.15, -0.1) is 0 Å². The first-order valence-electron chi connectivity index (χ1n) is 7.24. The van der Waals surface area contributed by atoms with Gasteiger partial charge in [0.1, 0.15) is 5.78 Å². The van der Waals surface area contributed by atoms with E-state index in [1.807, 2.05) is 12.2 Å². The van der Waals surface area contributed by atoms with Gasteiger partial charge in [0.05, 0.1) is 0 Å². The van der Waals surface area contributed by atoms with Crippen LogP contribution < -0.4 is 0 Å². The van der Waals surface area contributed by atoms with Gasteiger partial charge in [0.15, 0.2) is 0 Å². The van der Waals surface area contributed by atoms with Crippen molar-refractivity contribution in [3.05, 3.63) is 23.9 Å². The summed E-state index contributed by atoms with van der Waals surface area (Å²) in [6, 6.07) is 0. The molecule has 2 fully saturated rings. The van der Waals surface area contributed by atoms with Crippen molar-refractivity contribution in [3.8, 4) is 0 Å². The van der Waals surface area contributed by atoms with Crippen molar-refractivity contribution in [2.75, 3.05) is 19.6 Å². The molecule has 0 aliphatic carbocycles. The molecule has 2 saturated heterocycles. The summed E-state index contributed by atoms with van der Waals surface area (Å²) in [7, 11) is 0. The predicted octanol–water partition coefficient (Wildman–Crippen LogP) is 2.01. The molecule has 3 heterocycles. The fourth-order valence-electron chi connectivity index (χ4n) is 3.64. The number of amides is 1. The number of hydrogen-bond acceptors (Lipinski definition) is 3. The minimum absolute atomic E-state index is 0.0330. The number of carbonyl (C=O) groups is 2. The lowest BCUT2D eigenvalue weighted by Gasteiger charge is -2.49. The van der Waals surface area contributed by atoms with Gasteiger partial charge in [-0.3, -0.25) is 4.79 Å². The van der Waals surface area contributed by atoms with Crippen LogP contribution in [0.3, 0.4) is 0 Å². The molecular weight excluding hydrogens is 256 g/mol. The van der Waals surface area contributed by atoms with E-state index in [1.165, 1.54) is 4.90 Å². The summed E-state index contributed by atoms with van der Waals surface area (Å²) < 4.78 is 0. The Labute approximate surface area is 118 Å². The average molecular weight is 276 g/mol. The highest BCUT2D eigenvalue weighted by atomic mass is 16.4. The molecule has 5 heteroatoms. The first-order chi connectivity index (χ1) is 9.61. The van der Waals surface area contributed by atoms with Crippen molar-refractivity contribution in [1.82, 2.24) is 9.80 Å². The van der Waals surface area contributed by atoms with Crippen molar-refractivity contribution in [1.29, 1.82) is 0 Å². The van der Waals surface area contributed by atoms with E-state index in [2.05, 4.69) is 11.0 Å². The van der Waals surface area contributed by atoms with Gasteiger partial charge in [-0.05, 0) is 25.3 Å². The Morgan fingerprint density at radius 3 is 2.70 bits per heavy atom. The predicted molar refractivity (Wildman–Crippen MR) is 74.3 cm³/mol. The summed E-state index contributed by atoms with van der Waals surface area (Å²) in [5.41, 5.74) is 1.08. The monoisotopic (exact) mass is 276 g/mol. The van der Waals surface area contributed by atoms with E-state index in [-0.39, 0.29) is 5.54 Å². The van der Waals surface area contributed by atoms with E-state index in [0.717, 1.165) is 31.5 Å². The lowest BCUT2D eigenvalue weighted by atomic mass is 9.81. The zero-order chi connectivity index (χ0) is 14.2. The number of rotatable bonds is 0. The fourth-order valence-corrected chi connectivity index (χ4v) is 3.64. The van der Waals surface area contributed by atoms with Gasteiger partial charge in [-0.2, -0.15) is 0 Å². The Hall–Kier alpha value is -1.78. The third-order valence-electron chi connectivity index (χ3n) is 4.84. The fraction of sp³-hybridized carbons (Fsp3) is 0.600. The molecule has 0 aromatic rings. The average Bonchev–Trinajstić information content (AvgIpc) is 2.58. The molecule has 0 aromatic heterocycles. The SMILES string of the molecule is O=C1CCC2(CCN(C(=O)O)CC2)N2CC=CC=C2C1. The van der Waals surface area contributed by atoms with Crippen LogP contribution in [0.2, 0.25) is 0 Å². The highest BCUT2D eigenvalue weighted by molar-refractivity contribution is 5.81. The summed E-state index contributed by atoms with van der Waals surface area (Å²) in [6.07, 6.45) is 8.96. The number of Topliss-reactive ketones (excluding diaryl/α,β-unsaturated/α-hetero) is 1. The van der Waals surface area contributed by atoms with E-state index in [0.29, 0.717) is 31.7 Å². The Morgan fingerprint density at radius 1 is 1.25 bits per heavy atom. The number of likely N-dealkylation sites (tertiary alicyclic amines) is 1. The minimum atomic E-state index is -0.834. The van der Waals surface area contributed by atoms with Gasteiger partial charge in [-0.25, -0.2) is 4.79 Å². The summed E-state index contributed by atoms with van der Waals surface area (Å²) in [5, 5.41) is 9.09. The Kier molecular flexibility index (Phi) is 3.28. The van der Waals surface area contributed by atoms with Crippen LogP contribution in [0.1, 0.15) is 32.1 Å². The quantitative estimate of drug-likeness (QED) is 0.735. The molecule has 0 aromatic carbocycles. The molecule has 0 radical (unpaired) electrons. The van der Waals surface area contributed by atoms with Gasteiger partial charge >= 0.3 is 6.09 Å². The molecule has 5 nitrogen and oxygen atoms in total. The normalized spacial score (nSPS) is 25.2. The van der Waals surface area contributed by atoms with E-state index in [9.17, 15) is 9.59 Å². The molecule has 1 amide bonds.